The summed E-state index contributed by atoms with van der Waals surface area (Å²) in [6, 6.07) is 15.0. The predicted octanol–water partition coefficient (Wildman–Crippen LogP) is 3.45. The number of hydrogen-bond donors (Lipinski definition) is 1. The van der Waals surface area contributed by atoms with Gasteiger partial charge in [-0.1, -0.05) is 30.3 Å². The summed E-state index contributed by atoms with van der Waals surface area (Å²) < 4.78 is 1.90. The van der Waals surface area contributed by atoms with Crippen LogP contribution in [0.4, 0.5) is 0 Å². The summed E-state index contributed by atoms with van der Waals surface area (Å²) in [5.41, 5.74) is 3.60. The summed E-state index contributed by atoms with van der Waals surface area (Å²) in [4.78, 5) is 15.7. The number of carboxylic acid groups (broad SMARTS) is 1. The molecule has 1 aromatic carbocycles. The molecule has 0 unspecified atom stereocenters. The molecule has 2 aromatic heterocycles. The number of benzene rings is 1. The summed E-state index contributed by atoms with van der Waals surface area (Å²) in [6.45, 7) is 0. The Morgan fingerprint density at radius 1 is 1.10 bits per heavy atom. The first kappa shape index (κ1) is 13.1. The van der Waals surface area contributed by atoms with Gasteiger partial charge in [-0.05, 0) is 23.8 Å². The van der Waals surface area contributed by atoms with Gasteiger partial charge in [0.1, 0.15) is 0 Å². The Hall–Kier alpha value is -2.88. The van der Waals surface area contributed by atoms with Gasteiger partial charge in [0.2, 0.25) is 0 Å². The van der Waals surface area contributed by atoms with Gasteiger partial charge >= 0.3 is 5.97 Å². The first-order valence-electron chi connectivity index (χ1n) is 6.57. The van der Waals surface area contributed by atoms with Crippen molar-refractivity contribution in [3.8, 4) is 22.5 Å². The number of aromatic carboxylic acids is 1. The molecule has 3 aromatic rings. The number of hydrogen-bond acceptors (Lipinski definition) is 2. The van der Waals surface area contributed by atoms with Crippen LogP contribution in [0.3, 0.4) is 0 Å². The Morgan fingerprint density at radius 3 is 2.43 bits per heavy atom. The molecule has 0 atom stereocenters. The molecule has 0 aliphatic carbocycles. The van der Waals surface area contributed by atoms with Gasteiger partial charge in [0, 0.05) is 25.0 Å². The van der Waals surface area contributed by atoms with Gasteiger partial charge in [-0.15, -0.1) is 0 Å². The lowest BCUT2D eigenvalue weighted by molar-refractivity contribution is 0.0698. The van der Waals surface area contributed by atoms with Crippen LogP contribution in [-0.2, 0) is 7.05 Å². The van der Waals surface area contributed by atoms with Gasteiger partial charge < -0.3 is 9.67 Å². The number of pyridine rings is 1. The normalized spacial score (nSPS) is 10.5. The second kappa shape index (κ2) is 5.25. The SMILES string of the molecule is Cn1c(-c2cccnc2)cc(C(=O)O)c1-c1ccccc1. The van der Waals surface area contributed by atoms with Crippen molar-refractivity contribution in [2.75, 3.05) is 0 Å². The van der Waals surface area contributed by atoms with E-state index in [1.54, 1.807) is 18.5 Å². The molecule has 2 heterocycles. The van der Waals surface area contributed by atoms with Crippen LogP contribution in [0.25, 0.3) is 22.5 Å². The van der Waals surface area contributed by atoms with Gasteiger partial charge in [0.25, 0.3) is 0 Å². The standard InChI is InChI=1S/C17H14N2O2/c1-19-15(13-8-5-9-18-11-13)10-14(17(20)21)16(19)12-6-3-2-4-7-12/h2-11H,1H3,(H,20,21). The second-order valence-corrected chi connectivity index (χ2v) is 4.76. The molecular formula is C17H14N2O2. The zero-order valence-corrected chi connectivity index (χ0v) is 11.5. The number of rotatable bonds is 3. The smallest absolute Gasteiger partial charge is 0.337 e. The van der Waals surface area contributed by atoms with E-state index < -0.39 is 5.97 Å². The molecule has 0 aliphatic heterocycles. The average molecular weight is 278 g/mol. The Labute approximate surface area is 122 Å². The number of carboxylic acids is 1. The number of nitrogens with zero attached hydrogens (tertiary/aromatic N) is 2. The highest BCUT2D eigenvalue weighted by Crippen LogP contribution is 2.31. The Balaban J connectivity index is 2.25. The van der Waals surface area contributed by atoms with E-state index in [0.717, 1.165) is 16.8 Å². The Kier molecular flexibility index (Phi) is 3.28. The molecule has 104 valence electrons. The van der Waals surface area contributed by atoms with Crippen LogP contribution in [0.5, 0.6) is 0 Å². The molecule has 21 heavy (non-hydrogen) atoms. The highest BCUT2D eigenvalue weighted by Gasteiger charge is 2.19. The van der Waals surface area contributed by atoms with Crippen molar-refractivity contribution in [1.29, 1.82) is 0 Å². The minimum Gasteiger partial charge on any atom is -0.478 e. The molecule has 1 N–H and O–H groups in total. The average Bonchev–Trinajstić information content (AvgIpc) is 2.87. The maximum Gasteiger partial charge on any atom is 0.337 e. The number of carbonyl (C=O) groups is 1. The topological polar surface area (TPSA) is 55.1 Å². The van der Waals surface area contributed by atoms with Crippen LogP contribution in [0, 0.1) is 0 Å². The fourth-order valence-electron chi connectivity index (χ4n) is 2.50. The first-order valence-corrected chi connectivity index (χ1v) is 6.57. The van der Waals surface area contributed by atoms with E-state index in [4.69, 9.17) is 0 Å². The van der Waals surface area contributed by atoms with Crippen LogP contribution in [0.15, 0.2) is 60.9 Å². The summed E-state index contributed by atoms with van der Waals surface area (Å²) >= 11 is 0. The molecule has 0 bridgehead atoms. The second-order valence-electron chi connectivity index (χ2n) is 4.76. The maximum atomic E-state index is 11.6. The molecule has 3 rings (SSSR count). The minimum atomic E-state index is -0.931. The van der Waals surface area contributed by atoms with Crippen LogP contribution >= 0.6 is 0 Å². The fraction of sp³-hybridized carbons (Fsp3) is 0.0588. The summed E-state index contributed by atoms with van der Waals surface area (Å²) in [7, 11) is 1.87. The lowest BCUT2D eigenvalue weighted by Crippen LogP contribution is -2.00. The third kappa shape index (κ3) is 2.31. The van der Waals surface area contributed by atoms with Crippen LogP contribution < -0.4 is 0 Å². The van der Waals surface area contributed by atoms with Crippen molar-refractivity contribution in [2.45, 2.75) is 0 Å². The first-order chi connectivity index (χ1) is 10.2. The van der Waals surface area contributed by atoms with Crippen molar-refractivity contribution in [1.82, 2.24) is 9.55 Å². The monoisotopic (exact) mass is 278 g/mol. The third-order valence-electron chi connectivity index (χ3n) is 3.47. The molecule has 0 saturated heterocycles. The van der Waals surface area contributed by atoms with Crippen molar-refractivity contribution in [3.63, 3.8) is 0 Å². The molecule has 0 spiro atoms. The van der Waals surface area contributed by atoms with E-state index in [1.165, 1.54) is 0 Å². The van der Waals surface area contributed by atoms with E-state index in [-0.39, 0.29) is 0 Å². The molecule has 4 nitrogen and oxygen atoms in total. The zero-order chi connectivity index (χ0) is 14.8. The highest BCUT2D eigenvalue weighted by molar-refractivity contribution is 5.97. The van der Waals surface area contributed by atoms with Crippen molar-refractivity contribution >= 4 is 5.97 Å². The summed E-state index contributed by atoms with van der Waals surface area (Å²) in [5, 5.41) is 9.48. The summed E-state index contributed by atoms with van der Waals surface area (Å²) in [6.07, 6.45) is 3.43. The van der Waals surface area contributed by atoms with Gasteiger partial charge in [-0.3, -0.25) is 4.98 Å². The minimum absolute atomic E-state index is 0.294. The van der Waals surface area contributed by atoms with Gasteiger partial charge in [-0.25, -0.2) is 4.79 Å². The van der Waals surface area contributed by atoms with Crippen molar-refractivity contribution < 1.29 is 9.90 Å². The maximum absolute atomic E-state index is 11.6. The fourth-order valence-corrected chi connectivity index (χ4v) is 2.50. The van der Waals surface area contributed by atoms with Crippen LogP contribution in [0.1, 0.15) is 10.4 Å². The molecule has 0 fully saturated rings. The van der Waals surface area contributed by atoms with Crippen LogP contribution in [-0.4, -0.2) is 20.6 Å². The highest BCUT2D eigenvalue weighted by atomic mass is 16.4. The van der Waals surface area contributed by atoms with E-state index >= 15 is 0 Å². The van der Waals surface area contributed by atoms with Gasteiger partial charge in [0.05, 0.1) is 17.0 Å². The molecule has 4 heteroatoms. The summed E-state index contributed by atoms with van der Waals surface area (Å²) in [5.74, 6) is -0.931. The largest absolute Gasteiger partial charge is 0.478 e. The van der Waals surface area contributed by atoms with Crippen molar-refractivity contribution in [3.05, 3.63) is 66.5 Å². The lowest BCUT2D eigenvalue weighted by atomic mass is 10.1. The third-order valence-corrected chi connectivity index (χ3v) is 3.47. The van der Waals surface area contributed by atoms with E-state index in [9.17, 15) is 9.90 Å². The van der Waals surface area contributed by atoms with E-state index in [2.05, 4.69) is 4.98 Å². The van der Waals surface area contributed by atoms with Gasteiger partial charge in [-0.2, -0.15) is 0 Å². The molecule has 0 saturated carbocycles. The lowest BCUT2D eigenvalue weighted by Gasteiger charge is -2.08. The van der Waals surface area contributed by atoms with E-state index in [0.29, 0.717) is 11.3 Å². The molecule has 0 amide bonds. The van der Waals surface area contributed by atoms with Gasteiger partial charge in [0.15, 0.2) is 0 Å². The van der Waals surface area contributed by atoms with Crippen LogP contribution in [0.2, 0.25) is 0 Å². The Bertz CT molecular complexity index is 777. The molecule has 0 radical (unpaired) electrons. The van der Waals surface area contributed by atoms with Crippen molar-refractivity contribution in [2.24, 2.45) is 7.05 Å². The predicted molar refractivity (Wildman–Crippen MR) is 81.0 cm³/mol. The molecule has 0 aliphatic rings. The van der Waals surface area contributed by atoms with E-state index in [1.807, 2.05) is 54.1 Å². The Morgan fingerprint density at radius 2 is 1.81 bits per heavy atom. The number of aromatic nitrogens is 2. The zero-order valence-electron chi connectivity index (χ0n) is 11.5. The quantitative estimate of drug-likeness (QED) is 0.798. The molecular weight excluding hydrogens is 264 g/mol.